The molecule has 6 heteroatoms. The molecule has 140 valence electrons. The summed E-state index contributed by atoms with van der Waals surface area (Å²) in [7, 11) is 0. The standard InChI is InChI=1S/C20H29N5O/c1-11(2)17-12(3)18(16-9-14-8-13(16)10-21-14)25-19(22-17)23-20(24-25)26-15-6-4-5-7-15/h11,13-16,21H,4-10H2,1-3H3. The highest BCUT2D eigenvalue weighted by atomic mass is 16.5. The van der Waals surface area contributed by atoms with Crippen molar-refractivity contribution in [1.29, 1.82) is 0 Å². The SMILES string of the molecule is Cc1c(C(C)C)nc2nc(OC3CCCC3)nn2c1C1CC2CC1CN2. The molecule has 2 bridgehead atoms. The van der Waals surface area contributed by atoms with E-state index in [0.29, 0.717) is 35.6 Å². The van der Waals surface area contributed by atoms with E-state index >= 15 is 0 Å². The summed E-state index contributed by atoms with van der Waals surface area (Å²) in [5.41, 5.74) is 3.77. The molecule has 3 heterocycles. The monoisotopic (exact) mass is 355 g/mol. The maximum Gasteiger partial charge on any atom is 0.338 e. The molecule has 2 aliphatic carbocycles. The van der Waals surface area contributed by atoms with E-state index in [0.717, 1.165) is 25.1 Å². The molecule has 3 atom stereocenters. The number of piperidine rings is 1. The van der Waals surface area contributed by atoms with Crippen LogP contribution in [0, 0.1) is 12.8 Å². The Morgan fingerprint density at radius 2 is 1.96 bits per heavy atom. The van der Waals surface area contributed by atoms with E-state index in [9.17, 15) is 0 Å². The summed E-state index contributed by atoms with van der Waals surface area (Å²) >= 11 is 0. The van der Waals surface area contributed by atoms with Crippen LogP contribution in [0.2, 0.25) is 0 Å². The lowest BCUT2D eigenvalue weighted by Crippen LogP contribution is -2.30. The average molecular weight is 355 g/mol. The van der Waals surface area contributed by atoms with Gasteiger partial charge in [0.2, 0.25) is 0 Å². The van der Waals surface area contributed by atoms with Crippen LogP contribution in [0.15, 0.2) is 0 Å². The van der Waals surface area contributed by atoms with Crippen LogP contribution in [0.4, 0.5) is 0 Å². The lowest BCUT2D eigenvalue weighted by atomic mass is 9.87. The molecule has 6 nitrogen and oxygen atoms in total. The Hall–Kier alpha value is -1.69. The Balaban J connectivity index is 1.60. The van der Waals surface area contributed by atoms with E-state index in [1.54, 1.807) is 0 Å². The van der Waals surface area contributed by atoms with E-state index in [2.05, 4.69) is 31.1 Å². The number of ether oxygens (including phenoxy) is 1. The number of fused-ring (bicyclic) bond motifs is 3. The number of aromatic nitrogens is 4. The molecule has 1 N–H and O–H groups in total. The van der Waals surface area contributed by atoms with Crippen molar-refractivity contribution < 1.29 is 4.74 Å². The summed E-state index contributed by atoms with van der Waals surface area (Å²) in [5, 5.41) is 8.39. The van der Waals surface area contributed by atoms with Gasteiger partial charge in [0.05, 0.1) is 11.4 Å². The largest absolute Gasteiger partial charge is 0.459 e. The van der Waals surface area contributed by atoms with Gasteiger partial charge >= 0.3 is 6.01 Å². The van der Waals surface area contributed by atoms with Gasteiger partial charge in [-0.2, -0.15) is 9.50 Å². The molecular weight excluding hydrogens is 326 g/mol. The fourth-order valence-corrected chi connectivity index (χ4v) is 5.37. The van der Waals surface area contributed by atoms with Crippen LogP contribution in [0.1, 0.15) is 81.2 Å². The summed E-state index contributed by atoms with van der Waals surface area (Å²) in [4.78, 5) is 9.51. The van der Waals surface area contributed by atoms with Gasteiger partial charge in [0, 0.05) is 12.0 Å². The number of nitrogens with one attached hydrogen (secondary N) is 1. The average Bonchev–Trinajstić information content (AvgIpc) is 3.38. The maximum atomic E-state index is 6.08. The maximum absolute atomic E-state index is 6.08. The van der Waals surface area contributed by atoms with E-state index in [1.165, 1.54) is 36.9 Å². The van der Waals surface area contributed by atoms with Crippen LogP contribution < -0.4 is 10.1 Å². The molecule has 5 rings (SSSR count). The van der Waals surface area contributed by atoms with E-state index in [4.69, 9.17) is 14.8 Å². The smallest absolute Gasteiger partial charge is 0.338 e. The molecule has 3 aliphatic rings. The first-order valence-electron chi connectivity index (χ1n) is 10.3. The van der Waals surface area contributed by atoms with Crippen LogP contribution in [0.5, 0.6) is 6.01 Å². The highest BCUT2D eigenvalue weighted by molar-refractivity contribution is 5.41. The molecule has 3 unspecified atom stereocenters. The van der Waals surface area contributed by atoms with Crippen LogP contribution in [0.3, 0.4) is 0 Å². The van der Waals surface area contributed by atoms with Crippen molar-refractivity contribution >= 4 is 5.78 Å². The molecule has 26 heavy (non-hydrogen) atoms. The van der Waals surface area contributed by atoms with Crippen LogP contribution >= 0.6 is 0 Å². The lowest BCUT2D eigenvalue weighted by molar-refractivity contribution is 0.192. The van der Waals surface area contributed by atoms with Gasteiger partial charge in [0.25, 0.3) is 5.78 Å². The summed E-state index contributed by atoms with van der Waals surface area (Å²) in [6.07, 6.45) is 7.47. The second-order valence-electron chi connectivity index (χ2n) is 8.74. The Labute approximate surface area is 154 Å². The Morgan fingerprint density at radius 1 is 1.15 bits per heavy atom. The molecule has 1 saturated heterocycles. The van der Waals surface area contributed by atoms with Gasteiger partial charge in [0.1, 0.15) is 6.10 Å². The number of rotatable bonds is 4. The van der Waals surface area contributed by atoms with E-state index < -0.39 is 0 Å². The highest BCUT2D eigenvalue weighted by Gasteiger charge is 2.42. The first-order chi connectivity index (χ1) is 12.6. The minimum Gasteiger partial charge on any atom is -0.459 e. The summed E-state index contributed by atoms with van der Waals surface area (Å²) in [6, 6.07) is 1.17. The first kappa shape index (κ1) is 16.5. The van der Waals surface area contributed by atoms with Crippen LogP contribution in [0.25, 0.3) is 5.78 Å². The molecule has 3 fully saturated rings. The molecule has 0 amide bonds. The van der Waals surface area contributed by atoms with E-state index in [1.807, 2.05) is 4.52 Å². The minimum absolute atomic E-state index is 0.272. The zero-order valence-corrected chi connectivity index (χ0v) is 16.0. The van der Waals surface area contributed by atoms with Gasteiger partial charge in [-0.05, 0) is 69.4 Å². The third kappa shape index (κ3) is 2.61. The van der Waals surface area contributed by atoms with Gasteiger partial charge in [-0.3, -0.25) is 0 Å². The first-order valence-corrected chi connectivity index (χ1v) is 10.3. The highest BCUT2D eigenvalue weighted by Crippen LogP contribution is 2.45. The van der Waals surface area contributed by atoms with Crippen molar-refractivity contribution in [3.8, 4) is 6.01 Å². The molecule has 2 aromatic rings. The zero-order chi connectivity index (χ0) is 17.8. The molecule has 2 aromatic heterocycles. The van der Waals surface area contributed by atoms with E-state index in [-0.39, 0.29) is 6.10 Å². The molecule has 1 aliphatic heterocycles. The van der Waals surface area contributed by atoms with Crippen molar-refractivity contribution in [3.05, 3.63) is 17.0 Å². The van der Waals surface area contributed by atoms with Gasteiger partial charge in [-0.25, -0.2) is 4.98 Å². The second-order valence-corrected chi connectivity index (χ2v) is 8.74. The molecule has 0 radical (unpaired) electrons. The Bertz CT molecular complexity index is 823. The number of hydrogen-bond donors (Lipinski definition) is 1. The predicted octanol–water partition coefficient (Wildman–Crippen LogP) is 3.34. The van der Waals surface area contributed by atoms with Crippen molar-refractivity contribution in [2.45, 2.75) is 83.3 Å². The molecule has 0 spiro atoms. The summed E-state index contributed by atoms with van der Waals surface area (Å²) in [6.45, 7) is 7.76. The molecule has 2 saturated carbocycles. The Kier molecular flexibility index (Phi) is 3.92. The third-order valence-electron chi connectivity index (χ3n) is 6.62. The van der Waals surface area contributed by atoms with Crippen LogP contribution in [-0.2, 0) is 0 Å². The van der Waals surface area contributed by atoms with Gasteiger partial charge in [0.15, 0.2) is 0 Å². The lowest BCUT2D eigenvalue weighted by Gasteiger charge is -2.25. The molecule has 0 aromatic carbocycles. The Morgan fingerprint density at radius 3 is 2.62 bits per heavy atom. The number of hydrogen-bond acceptors (Lipinski definition) is 5. The molecular formula is C20H29N5O. The summed E-state index contributed by atoms with van der Waals surface area (Å²) < 4.78 is 8.08. The normalized spacial score (nSPS) is 28.7. The van der Waals surface area contributed by atoms with Crippen LogP contribution in [-0.4, -0.2) is 38.3 Å². The minimum atomic E-state index is 0.272. The second kappa shape index (κ2) is 6.19. The number of nitrogens with zero attached hydrogens (tertiary/aromatic N) is 4. The van der Waals surface area contributed by atoms with Crippen molar-refractivity contribution in [2.24, 2.45) is 5.92 Å². The topological polar surface area (TPSA) is 64.3 Å². The van der Waals surface area contributed by atoms with Crippen molar-refractivity contribution in [3.63, 3.8) is 0 Å². The van der Waals surface area contributed by atoms with Gasteiger partial charge < -0.3 is 10.1 Å². The van der Waals surface area contributed by atoms with Crippen molar-refractivity contribution in [1.82, 2.24) is 24.9 Å². The predicted molar refractivity (Wildman–Crippen MR) is 99.7 cm³/mol. The van der Waals surface area contributed by atoms with Gasteiger partial charge in [-0.15, -0.1) is 5.10 Å². The quantitative estimate of drug-likeness (QED) is 0.911. The van der Waals surface area contributed by atoms with Crippen molar-refractivity contribution in [2.75, 3.05) is 6.54 Å². The summed E-state index contributed by atoms with van der Waals surface area (Å²) in [5.74, 6) is 2.34. The fraction of sp³-hybridized carbons (Fsp3) is 0.750. The zero-order valence-electron chi connectivity index (χ0n) is 16.0. The van der Waals surface area contributed by atoms with Gasteiger partial charge in [-0.1, -0.05) is 13.8 Å². The third-order valence-corrected chi connectivity index (χ3v) is 6.62. The fourth-order valence-electron chi connectivity index (χ4n) is 5.37.